The predicted molar refractivity (Wildman–Crippen MR) is 56.5 cm³/mol. The molecule has 0 bridgehead atoms. The van der Waals surface area contributed by atoms with Gasteiger partial charge in [0.25, 0.3) is 0 Å². The lowest BCUT2D eigenvalue weighted by Gasteiger charge is -2.05. The summed E-state index contributed by atoms with van der Waals surface area (Å²) < 4.78 is 26.0. The molecule has 2 rings (SSSR count). The molecule has 0 aliphatic carbocycles. The highest BCUT2D eigenvalue weighted by Gasteiger charge is 2.03. The normalized spacial score (nSPS) is 10.3. The molecule has 0 amide bonds. The Balaban J connectivity index is 2.58. The van der Waals surface area contributed by atoms with Crippen LogP contribution in [-0.4, -0.2) is 0 Å². The average Bonchev–Trinajstić information content (AvgIpc) is 2.22. The Kier molecular flexibility index (Phi) is 2.50. The van der Waals surface area contributed by atoms with E-state index in [1.807, 2.05) is 6.92 Å². The van der Waals surface area contributed by atoms with E-state index < -0.39 is 0 Å². The molecule has 2 heteroatoms. The fourth-order valence-electron chi connectivity index (χ4n) is 1.56. The van der Waals surface area contributed by atoms with Crippen molar-refractivity contribution in [2.45, 2.75) is 6.92 Å². The summed E-state index contributed by atoms with van der Waals surface area (Å²) in [4.78, 5) is 0. The van der Waals surface area contributed by atoms with Crippen molar-refractivity contribution in [2.75, 3.05) is 0 Å². The van der Waals surface area contributed by atoms with E-state index in [1.54, 1.807) is 18.2 Å². The van der Waals surface area contributed by atoms with Crippen molar-refractivity contribution in [1.29, 1.82) is 0 Å². The second-order valence-electron chi connectivity index (χ2n) is 3.47. The minimum atomic E-state index is -0.309. The monoisotopic (exact) mass is 204 g/mol. The molecule has 0 aliphatic heterocycles. The second kappa shape index (κ2) is 3.81. The molecule has 15 heavy (non-hydrogen) atoms. The number of hydrogen-bond acceptors (Lipinski definition) is 0. The Labute approximate surface area is 87.2 Å². The Morgan fingerprint density at radius 2 is 1.60 bits per heavy atom. The first-order valence-corrected chi connectivity index (χ1v) is 4.69. The van der Waals surface area contributed by atoms with Gasteiger partial charge >= 0.3 is 0 Å². The first-order valence-electron chi connectivity index (χ1n) is 4.69. The number of hydrogen-bond donors (Lipinski definition) is 0. The van der Waals surface area contributed by atoms with Gasteiger partial charge in [0.2, 0.25) is 0 Å². The Morgan fingerprint density at radius 3 is 2.33 bits per heavy atom. The third-order valence-electron chi connectivity index (χ3n) is 2.34. The summed E-state index contributed by atoms with van der Waals surface area (Å²) >= 11 is 0. The van der Waals surface area contributed by atoms with Gasteiger partial charge < -0.3 is 0 Å². The highest BCUT2D eigenvalue weighted by Crippen LogP contribution is 2.24. The molecule has 0 radical (unpaired) electrons. The lowest BCUT2D eigenvalue weighted by molar-refractivity contribution is 0.625. The van der Waals surface area contributed by atoms with Crippen LogP contribution >= 0.6 is 0 Å². The van der Waals surface area contributed by atoms with Gasteiger partial charge in [0.15, 0.2) is 0 Å². The average molecular weight is 204 g/mol. The summed E-state index contributed by atoms with van der Waals surface area (Å²) in [5, 5.41) is 0. The Bertz CT molecular complexity index is 490. The molecule has 0 N–H and O–H groups in total. The van der Waals surface area contributed by atoms with Crippen LogP contribution in [0.1, 0.15) is 5.56 Å². The van der Waals surface area contributed by atoms with Crippen LogP contribution in [0, 0.1) is 18.6 Å². The molecule has 2 aromatic carbocycles. The van der Waals surface area contributed by atoms with Gasteiger partial charge in [-0.15, -0.1) is 0 Å². The van der Waals surface area contributed by atoms with Crippen molar-refractivity contribution in [3.8, 4) is 11.1 Å². The van der Waals surface area contributed by atoms with E-state index in [0.717, 1.165) is 11.1 Å². The quantitative estimate of drug-likeness (QED) is 0.660. The topological polar surface area (TPSA) is 0 Å². The molecule has 0 nitrogen and oxygen atoms in total. The SMILES string of the molecule is Cc1ccc(F)cc1-c1cccc(F)c1. The lowest BCUT2D eigenvalue weighted by atomic mass is 10.0. The molecule has 0 saturated heterocycles. The van der Waals surface area contributed by atoms with Gasteiger partial charge in [-0.2, -0.15) is 0 Å². The first kappa shape index (κ1) is 9.84. The van der Waals surface area contributed by atoms with Gasteiger partial charge in [-0.05, 0) is 47.9 Å². The smallest absolute Gasteiger partial charge is 0.123 e. The van der Waals surface area contributed by atoms with E-state index in [0.29, 0.717) is 5.56 Å². The van der Waals surface area contributed by atoms with Gasteiger partial charge in [0, 0.05) is 0 Å². The summed E-state index contributed by atoms with van der Waals surface area (Å²) in [6, 6.07) is 10.7. The van der Waals surface area contributed by atoms with Gasteiger partial charge in [-0.25, -0.2) is 8.78 Å². The van der Waals surface area contributed by atoms with Gasteiger partial charge in [0.05, 0.1) is 0 Å². The fourth-order valence-corrected chi connectivity index (χ4v) is 1.56. The van der Waals surface area contributed by atoms with Crippen molar-refractivity contribution >= 4 is 0 Å². The molecule has 0 aromatic heterocycles. The van der Waals surface area contributed by atoms with E-state index >= 15 is 0 Å². The highest BCUT2D eigenvalue weighted by molar-refractivity contribution is 5.67. The molecule has 0 spiro atoms. The summed E-state index contributed by atoms with van der Waals surface area (Å²) in [5.74, 6) is -0.615. The van der Waals surface area contributed by atoms with Crippen molar-refractivity contribution in [3.05, 3.63) is 59.7 Å². The highest BCUT2D eigenvalue weighted by atomic mass is 19.1. The molecular formula is C13H10F2. The molecule has 0 unspecified atom stereocenters. The maximum Gasteiger partial charge on any atom is 0.123 e. The molecule has 0 fully saturated rings. The van der Waals surface area contributed by atoms with Crippen LogP contribution in [0.5, 0.6) is 0 Å². The molecule has 76 valence electrons. The van der Waals surface area contributed by atoms with Crippen molar-refractivity contribution in [3.63, 3.8) is 0 Å². The summed E-state index contributed by atoms with van der Waals surface area (Å²) in [5.41, 5.74) is 2.36. The molecule has 0 aliphatic rings. The van der Waals surface area contributed by atoms with Gasteiger partial charge in [0.1, 0.15) is 11.6 Å². The van der Waals surface area contributed by atoms with Crippen LogP contribution in [0.3, 0.4) is 0 Å². The van der Waals surface area contributed by atoms with Crippen molar-refractivity contribution < 1.29 is 8.78 Å². The molecule has 0 heterocycles. The zero-order valence-electron chi connectivity index (χ0n) is 8.30. The first-order chi connectivity index (χ1) is 7.16. The summed E-state index contributed by atoms with van der Waals surface area (Å²) in [6.45, 7) is 1.87. The molecule has 2 aromatic rings. The third kappa shape index (κ3) is 2.04. The standard InChI is InChI=1S/C13H10F2/c1-9-5-6-12(15)8-13(9)10-3-2-4-11(14)7-10/h2-8H,1H3. The fraction of sp³-hybridized carbons (Fsp3) is 0.0769. The zero-order chi connectivity index (χ0) is 10.8. The van der Waals surface area contributed by atoms with Crippen LogP contribution in [0.25, 0.3) is 11.1 Å². The van der Waals surface area contributed by atoms with E-state index in [2.05, 4.69) is 0 Å². The number of benzene rings is 2. The predicted octanol–water partition coefficient (Wildman–Crippen LogP) is 3.94. The Hall–Kier alpha value is -1.70. The number of halogens is 2. The minimum Gasteiger partial charge on any atom is -0.207 e. The largest absolute Gasteiger partial charge is 0.207 e. The maximum atomic E-state index is 13.0. The van der Waals surface area contributed by atoms with Crippen molar-refractivity contribution in [2.24, 2.45) is 0 Å². The van der Waals surface area contributed by atoms with Crippen LogP contribution in [0.15, 0.2) is 42.5 Å². The van der Waals surface area contributed by atoms with Crippen LogP contribution < -0.4 is 0 Å². The molecule has 0 saturated carbocycles. The van der Waals surface area contributed by atoms with E-state index in [1.165, 1.54) is 24.3 Å². The van der Waals surface area contributed by atoms with E-state index in [9.17, 15) is 8.78 Å². The minimum absolute atomic E-state index is 0.306. The summed E-state index contributed by atoms with van der Waals surface area (Å²) in [6.07, 6.45) is 0. The van der Waals surface area contributed by atoms with Crippen LogP contribution in [0.4, 0.5) is 8.78 Å². The third-order valence-corrected chi connectivity index (χ3v) is 2.34. The number of rotatable bonds is 1. The van der Waals surface area contributed by atoms with E-state index in [4.69, 9.17) is 0 Å². The van der Waals surface area contributed by atoms with Crippen molar-refractivity contribution in [1.82, 2.24) is 0 Å². The maximum absolute atomic E-state index is 13.0. The molecule has 0 atom stereocenters. The van der Waals surface area contributed by atoms with Gasteiger partial charge in [-0.1, -0.05) is 18.2 Å². The van der Waals surface area contributed by atoms with Crippen LogP contribution in [0.2, 0.25) is 0 Å². The van der Waals surface area contributed by atoms with Crippen LogP contribution in [-0.2, 0) is 0 Å². The van der Waals surface area contributed by atoms with E-state index in [-0.39, 0.29) is 11.6 Å². The summed E-state index contributed by atoms with van der Waals surface area (Å²) in [7, 11) is 0. The Morgan fingerprint density at radius 1 is 0.867 bits per heavy atom. The number of aryl methyl sites for hydroxylation is 1. The lowest BCUT2D eigenvalue weighted by Crippen LogP contribution is -1.86. The van der Waals surface area contributed by atoms with Gasteiger partial charge in [-0.3, -0.25) is 0 Å². The molecular weight excluding hydrogens is 194 g/mol. The zero-order valence-corrected chi connectivity index (χ0v) is 8.30. The second-order valence-corrected chi connectivity index (χ2v) is 3.47.